The zero-order chi connectivity index (χ0) is 17.0. The number of nitrogens with zero attached hydrogens (tertiary/aromatic N) is 1. The van der Waals surface area contributed by atoms with E-state index in [0.29, 0.717) is 32.7 Å². The van der Waals surface area contributed by atoms with Crippen LogP contribution < -0.4 is 0 Å². The molecule has 130 valence electrons. The second kappa shape index (κ2) is 12.3. The molecule has 1 fully saturated rings. The molecule has 1 aliphatic heterocycles. The van der Waals surface area contributed by atoms with E-state index < -0.39 is 18.2 Å². The number of morpholine rings is 1. The lowest BCUT2D eigenvalue weighted by Gasteiger charge is -2.28. The van der Waals surface area contributed by atoms with E-state index in [1.54, 1.807) is 0 Å². The zero-order valence-corrected chi connectivity index (χ0v) is 14.3. The molecule has 0 radical (unpaired) electrons. The first-order valence-corrected chi connectivity index (χ1v) is 8.34. The van der Waals surface area contributed by atoms with Crippen molar-refractivity contribution in [3.63, 3.8) is 0 Å². The van der Waals surface area contributed by atoms with E-state index in [0.717, 1.165) is 19.3 Å². The minimum absolute atomic E-state index is 0.276. The summed E-state index contributed by atoms with van der Waals surface area (Å²) in [7, 11) is 0. The summed E-state index contributed by atoms with van der Waals surface area (Å²) >= 11 is 0. The highest BCUT2D eigenvalue weighted by Gasteiger charge is 2.28. The minimum Gasteiger partial charge on any atom is -0.479 e. The first kappa shape index (κ1) is 20.7. The van der Waals surface area contributed by atoms with Gasteiger partial charge in [0.05, 0.1) is 13.2 Å². The number of aliphatic carboxylic acids is 1. The minimum atomic E-state index is -1.07. The van der Waals surface area contributed by atoms with Crippen LogP contribution in [0.5, 0.6) is 0 Å². The molecular weight excluding hydrogens is 286 g/mol. The Morgan fingerprint density at radius 1 is 1.23 bits per heavy atom. The van der Waals surface area contributed by atoms with Crippen molar-refractivity contribution in [2.24, 2.45) is 5.92 Å². The van der Waals surface area contributed by atoms with Crippen molar-refractivity contribution in [1.82, 2.24) is 4.90 Å². The fourth-order valence-electron chi connectivity index (χ4n) is 2.34. The number of hydrogen-bond acceptors (Lipinski definition) is 4. The first-order valence-electron chi connectivity index (χ1n) is 8.34. The van der Waals surface area contributed by atoms with Gasteiger partial charge in [-0.25, -0.2) is 9.59 Å². The number of carbonyl (C=O) groups is 2. The van der Waals surface area contributed by atoms with Crippen LogP contribution in [0.15, 0.2) is 0 Å². The van der Waals surface area contributed by atoms with E-state index in [-0.39, 0.29) is 5.92 Å². The Balaban J connectivity index is 0.00000211. The van der Waals surface area contributed by atoms with E-state index in [2.05, 4.69) is 6.92 Å². The maximum Gasteiger partial charge on any atom is 0.410 e. The van der Waals surface area contributed by atoms with Crippen molar-refractivity contribution in [1.29, 1.82) is 0 Å². The van der Waals surface area contributed by atoms with E-state index >= 15 is 0 Å². The number of rotatable bonds is 7. The summed E-state index contributed by atoms with van der Waals surface area (Å²) in [5.41, 5.74) is 0. The Kier molecular flexibility index (Phi) is 11.5. The predicted molar refractivity (Wildman–Crippen MR) is 85.0 cm³/mol. The van der Waals surface area contributed by atoms with Crippen molar-refractivity contribution >= 4 is 12.1 Å². The number of amides is 1. The Hall–Kier alpha value is -1.30. The monoisotopic (exact) mass is 317 g/mol. The molecule has 0 aromatic heterocycles. The molecule has 6 nitrogen and oxygen atoms in total. The normalized spacial score (nSPS) is 17.0. The molecule has 1 aliphatic rings. The Labute approximate surface area is 133 Å². The molecular formula is C16H31NO5. The van der Waals surface area contributed by atoms with Gasteiger partial charge in [-0.3, -0.25) is 0 Å². The third-order valence-corrected chi connectivity index (χ3v) is 3.61. The molecule has 22 heavy (non-hydrogen) atoms. The van der Waals surface area contributed by atoms with Crippen molar-refractivity contribution in [3.05, 3.63) is 0 Å². The lowest BCUT2D eigenvalue weighted by Crippen LogP contribution is -2.43. The average Bonchev–Trinajstić information content (AvgIpc) is 2.55. The number of carboxylic acids is 1. The summed E-state index contributed by atoms with van der Waals surface area (Å²) in [5.74, 6) is -0.792. The van der Waals surface area contributed by atoms with Gasteiger partial charge in [0.15, 0.2) is 0 Å². The maximum atomic E-state index is 11.9. The SMILES string of the molecule is CC.CCCC(CC)CC(OC(=O)N1CCOCC1)C(=O)O. The van der Waals surface area contributed by atoms with Crippen LogP contribution in [-0.4, -0.2) is 54.5 Å². The second-order valence-corrected chi connectivity index (χ2v) is 5.11. The topological polar surface area (TPSA) is 76.1 Å². The number of ether oxygens (including phenoxy) is 2. The van der Waals surface area contributed by atoms with Crippen LogP contribution in [0.2, 0.25) is 0 Å². The van der Waals surface area contributed by atoms with E-state index in [9.17, 15) is 14.7 Å². The summed E-state index contributed by atoms with van der Waals surface area (Å²) in [4.78, 5) is 24.7. The Bertz CT molecular complexity index is 316. The van der Waals surface area contributed by atoms with Gasteiger partial charge in [-0.15, -0.1) is 0 Å². The third kappa shape index (κ3) is 7.64. The molecule has 2 atom stereocenters. The zero-order valence-electron chi connectivity index (χ0n) is 14.3. The summed E-state index contributed by atoms with van der Waals surface area (Å²) in [6, 6.07) is 0. The van der Waals surface area contributed by atoms with Crippen LogP contribution >= 0.6 is 0 Å². The molecule has 0 spiro atoms. The van der Waals surface area contributed by atoms with Crippen molar-refractivity contribution in [3.8, 4) is 0 Å². The molecule has 0 aliphatic carbocycles. The summed E-state index contributed by atoms with van der Waals surface area (Å²) in [6.45, 7) is 9.95. The fraction of sp³-hybridized carbons (Fsp3) is 0.875. The smallest absolute Gasteiger partial charge is 0.410 e. The van der Waals surface area contributed by atoms with Gasteiger partial charge in [-0.2, -0.15) is 0 Å². The molecule has 0 bridgehead atoms. The standard InChI is InChI=1S/C14H25NO5.C2H6/c1-3-5-11(4-2)10-12(13(16)17)20-14(18)15-6-8-19-9-7-15;1-2/h11-12H,3-10H2,1-2H3,(H,16,17);1-2H3. The molecule has 1 amide bonds. The Morgan fingerprint density at radius 2 is 1.82 bits per heavy atom. The van der Waals surface area contributed by atoms with Crippen LogP contribution in [0.4, 0.5) is 4.79 Å². The molecule has 0 saturated carbocycles. The summed E-state index contributed by atoms with van der Waals surface area (Å²) < 4.78 is 10.3. The largest absolute Gasteiger partial charge is 0.479 e. The molecule has 1 heterocycles. The molecule has 0 aromatic rings. The third-order valence-electron chi connectivity index (χ3n) is 3.61. The number of hydrogen-bond donors (Lipinski definition) is 1. The highest BCUT2D eigenvalue weighted by molar-refractivity contribution is 5.77. The van der Waals surface area contributed by atoms with Crippen LogP contribution in [-0.2, 0) is 14.3 Å². The quantitative estimate of drug-likeness (QED) is 0.780. The van der Waals surface area contributed by atoms with Gasteiger partial charge in [0.2, 0.25) is 6.10 Å². The van der Waals surface area contributed by atoms with E-state index in [1.165, 1.54) is 4.90 Å². The second-order valence-electron chi connectivity index (χ2n) is 5.11. The molecule has 1 saturated heterocycles. The Morgan fingerprint density at radius 3 is 2.27 bits per heavy atom. The summed E-state index contributed by atoms with van der Waals surface area (Å²) in [6.07, 6.45) is 1.63. The highest BCUT2D eigenvalue weighted by Crippen LogP contribution is 2.20. The predicted octanol–water partition coefficient (Wildman–Crippen LogP) is 3.15. The van der Waals surface area contributed by atoms with Crippen molar-refractivity contribution in [2.45, 2.75) is 59.5 Å². The number of carboxylic acid groups (broad SMARTS) is 1. The van der Waals surface area contributed by atoms with Crippen LogP contribution in [0.3, 0.4) is 0 Å². The first-order chi connectivity index (χ1) is 10.6. The molecule has 1 N–H and O–H groups in total. The van der Waals surface area contributed by atoms with Crippen LogP contribution in [0.1, 0.15) is 53.4 Å². The van der Waals surface area contributed by atoms with Crippen LogP contribution in [0, 0.1) is 5.92 Å². The van der Waals surface area contributed by atoms with Gasteiger partial charge < -0.3 is 19.5 Å². The summed E-state index contributed by atoms with van der Waals surface area (Å²) in [5, 5.41) is 9.21. The van der Waals surface area contributed by atoms with Crippen LogP contribution in [0.25, 0.3) is 0 Å². The lowest BCUT2D eigenvalue weighted by atomic mass is 9.94. The van der Waals surface area contributed by atoms with Gasteiger partial charge in [-0.1, -0.05) is 47.0 Å². The van der Waals surface area contributed by atoms with Gasteiger partial charge in [0, 0.05) is 13.1 Å². The van der Waals surface area contributed by atoms with E-state index in [4.69, 9.17) is 9.47 Å². The van der Waals surface area contributed by atoms with Gasteiger partial charge in [0.25, 0.3) is 0 Å². The maximum absolute atomic E-state index is 11.9. The van der Waals surface area contributed by atoms with Crippen molar-refractivity contribution < 1.29 is 24.2 Å². The van der Waals surface area contributed by atoms with Gasteiger partial charge in [-0.05, 0) is 12.3 Å². The average molecular weight is 317 g/mol. The van der Waals surface area contributed by atoms with Gasteiger partial charge in [0.1, 0.15) is 0 Å². The molecule has 6 heteroatoms. The highest BCUT2D eigenvalue weighted by atomic mass is 16.6. The fourth-order valence-corrected chi connectivity index (χ4v) is 2.34. The molecule has 1 rings (SSSR count). The lowest BCUT2D eigenvalue weighted by molar-refractivity contribution is -0.148. The van der Waals surface area contributed by atoms with Crippen molar-refractivity contribution in [2.75, 3.05) is 26.3 Å². The molecule has 2 unspecified atom stereocenters. The van der Waals surface area contributed by atoms with Gasteiger partial charge >= 0.3 is 12.1 Å². The van der Waals surface area contributed by atoms with E-state index in [1.807, 2.05) is 20.8 Å². The molecule has 0 aromatic carbocycles. The number of carbonyl (C=O) groups excluding carboxylic acids is 1.